The predicted molar refractivity (Wildman–Crippen MR) is 93.8 cm³/mol. The smallest absolute Gasteiger partial charge is 0.421 e. The lowest BCUT2D eigenvalue weighted by molar-refractivity contribution is -0.352. The van der Waals surface area contributed by atoms with Crippen LogP contribution in [0.2, 0.25) is 0 Å². The lowest BCUT2D eigenvalue weighted by atomic mass is 10.2. The van der Waals surface area contributed by atoms with Crippen LogP contribution in [0.5, 0.6) is 5.75 Å². The van der Waals surface area contributed by atoms with E-state index in [4.69, 9.17) is 4.55 Å². The van der Waals surface area contributed by atoms with Gasteiger partial charge < -0.3 is 14.2 Å². The molecule has 1 aromatic carbocycles. The zero-order valence-electron chi connectivity index (χ0n) is 16.5. The van der Waals surface area contributed by atoms with Crippen molar-refractivity contribution in [2.75, 3.05) is 6.61 Å². The predicted octanol–water partition coefficient (Wildman–Crippen LogP) is 3.79. The van der Waals surface area contributed by atoms with Crippen LogP contribution in [0.4, 0.5) is 35.1 Å². The minimum atomic E-state index is -6.62. The van der Waals surface area contributed by atoms with E-state index in [0.29, 0.717) is 0 Å². The third-order valence-corrected chi connectivity index (χ3v) is 4.69. The molecule has 0 aliphatic heterocycles. The highest BCUT2D eigenvalue weighted by molar-refractivity contribution is 7.87. The molecular formula is C17H14F8O8S. The number of ether oxygens (including phenoxy) is 3. The fourth-order valence-electron chi connectivity index (χ4n) is 2.08. The molecule has 0 aliphatic rings. The van der Waals surface area contributed by atoms with Gasteiger partial charge in [0.25, 0.3) is 0 Å². The molecule has 0 spiro atoms. The molecule has 1 N–H and O–H groups in total. The lowest BCUT2D eigenvalue weighted by Gasteiger charge is -2.32. The first kappa shape index (κ1) is 29.2. The van der Waals surface area contributed by atoms with Gasteiger partial charge >= 0.3 is 45.2 Å². The van der Waals surface area contributed by atoms with Crippen LogP contribution in [0.25, 0.3) is 0 Å². The Morgan fingerprint density at radius 1 is 1.00 bits per heavy atom. The minimum Gasteiger partial charge on any atom is -0.421 e. The van der Waals surface area contributed by atoms with Crippen LogP contribution >= 0.6 is 0 Å². The van der Waals surface area contributed by atoms with E-state index < -0.39 is 76.2 Å². The van der Waals surface area contributed by atoms with Crippen LogP contribution in [0.3, 0.4) is 0 Å². The molecule has 0 aliphatic carbocycles. The Hall–Kier alpha value is -2.79. The molecule has 1 rings (SSSR count). The lowest BCUT2D eigenvalue weighted by Crippen LogP contribution is -2.59. The molecule has 0 aromatic heterocycles. The van der Waals surface area contributed by atoms with Gasteiger partial charge in [0.15, 0.2) is 0 Å². The van der Waals surface area contributed by atoms with Crippen molar-refractivity contribution in [3.05, 3.63) is 42.7 Å². The topological polar surface area (TPSA) is 116 Å². The molecule has 34 heavy (non-hydrogen) atoms. The van der Waals surface area contributed by atoms with Crippen LogP contribution < -0.4 is 4.74 Å². The van der Waals surface area contributed by atoms with Crippen LogP contribution in [0.15, 0.2) is 42.7 Å². The number of carbonyl (C=O) groups is 2. The van der Waals surface area contributed by atoms with Crippen molar-refractivity contribution in [1.82, 2.24) is 0 Å². The molecule has 1 aromatic rings. The summed E-state index contributed by atoms with van der Waals surface area (Å²) in [5, 5.41) is -6.02. The second kappa shape index (κ2) is 10.2. The number of alkyl halides is 7. The molecule has 0 fully saturated rings. The fourth-order valence-corrected chi connectivity index (χ4v) is 2.56. The summed E-state index contributed by atoms with van der Waals surface area (Å²) in [5.74, 6) is -18.0. The number of halogens is 8. The quantitative estimate of drug-likeness (QED) is 0.0874. The zero-order valence-corrected chi connectivity index (χ0v) is 17.3. The summed E-state index contributed by atoms with van der Waals surface area (Å²) < 4.78 is 149. The maximum atomic E-state index is 13.7. The molecule has 0 amide bonds. The third kappa shape index (κ3) is 6.41. The van der Waals surface area contributed by atoms with E-state index in [1.807, 2.05) is 0 Å². The van der Waals surface area contributed by atoms with Crippen LogP contribution in [-0.2, 0) is 29.2 Å². The molecule has 8 nitrogen and oxygen atoms in total. The molecule has 192 valence electrons. The number of para-hydroxylation sites is 1. The van der Waals surface area contributed by atoms with Crippen LogP contribution in [0, 0.1) is 0 Å². The number of carbonyl (C=O) groups excluding carboxylic acids is 2. The Labute approximate surface area is 185 Å². The molecule has 17 heteroatoms. The number of rotatable bonds is 11. The van der Waals surface area contributed by atoms with Crippen molar-refractivity contribution in [2.24, 2.45) is 0 Å². The largest absolute Gasteiger partial charge is 0.468 e. The highest BCUT2D eigenvalue weighted by Crippen LogP contribution is 2.42. The van der Waals surface area contributed by atoms with Gasteiger partial charge in [0.1, 0.15) is 5.75 Å². The zero-order chi connectivity index (χ0) is 26.6. The molecule has 0 heterocycles. The van der Waals surface area contributed by atoms with E-state index in [-0.39, 0.29) is 0 Å². The van der Waals surface area contributed by atoms with Crippen molar-refractivity contribution >= 4 is 22.1 Å². The second-order valence-electron chi connectivity index (χ2n) is 6.26. The highest BCUT2D eigenvalue weighted by atomic mass is 32.2. The molecule has 1 unspecified atom stereocenters. The first-order chi connectivity index (χ1) is 15.3. The minimum absolute atomic E-state index is 0.556. The Morgan fingerprint density at radius 2 is 1.53 bits per heavy atom. The fraction of sp³-hybridized carbons (Fsp3) is 0.412. The summed E-state index contributed by atoms with van der Waals surface area (Å²) >= 11 is 0. The summed E-state index contributed by atoms with van der Waals surface area (Å²) in [6.45, 7) is 0.662. The second-order valence-corrected chi connectivity index (χ2v) is 7.72. The monoisotopic (exact) mass is 530 g/mol. The first-order valence-corrected chi connectivity index (χ1v) is 10.0. The molecule has 0 bridgehead atoms. The molecule has 0 radical (unpaired) electrons. The third-order valence-electron chi connectivity index (χ3n) is 3.74. The number of benzene rings is 1. The Bertz CT molecular complexity index is 1010. The first-order valence-electron chi connectivity index (χ1n) is 8.57. The highest BCUT2D eigenvalue weighted by Gasteiger charge is 2.69. The van der Waals surface area contributed by atoms with Gasteiger partial charge in [-0.05, 0) is 18.6 Å². The molecule has 0 saturated heterocycles. The molecule has 0 saturated carbocycles. The van der Waals surface area contributed by atoms with Crippen LogP contribution in [-0.4, -0.2) is 54.7 Å². The normalized spacial score (nSPS) is 14.7. The number of hydrogen-bond acceptors (Lipinski definition) is 7. The maximum Gasteiger partial charge on any atom is 0.468 e. The van der Waals surface area contributed by atoms with Crippen molar-refractivity contribution in [3.63, 3.8) is 0 Å². The van der Waals surface area contributed by atoms with E-state index in [1.165, 1.54) is 18.2 Å². The van der Waals surface area contributed by atoms with Crippen molar-refractivity contribution in [2.45, 2.75) is 36.0 Å². The van der Waals surface area contributed by atoms with Gasteiger partial charge in [0.2, 0.25) is 5.83 Å². The Balaban J connectivity index is 3.21. The van der Waals surface area contributed by atoms with Gasteiger partial charge in [0, 0.05) is 6.42 Å². The Morgan fingerprint density at radius 3 is 1.97 bits per heavy atom. The summed E-state index contributed by atoms with van der Waals surface area (Å²) in [7, 11) is -6.62. The average Bonchev–Trinajstić information content (AvgIpc) is 2.68. The molecule has 1 atom stereocenters. The van der Waals surface area contributed by atoms with Gasteiger partial charge in [-0.15, -0.1) is 0 Å². The van der Waals surface area contributed by atoms with E-state index in [1.54, 1.807) is 0 Å². The number of esters is 2. The summed E-state index contributed by atoms with van der Waals surface area (Å²) in [5.41, 5.74) is 0. The van der Waals surface area contributed by atoms with E-state index in [9.17, 15) is 53.1 Å². The van der Waals surface area contributed by atoms with Gasteiger partial charge in [-0.2, -0.15) is 43.5 Å². The van der Waals surface area contributed by atoms with Gasteiger partial charge in [-0.3, -0.25) is 4.55 Å². The summed E-state index contributed by atoms with van der Waals surface area (Å²) in [6, 6.07) is 5.69. The standard InChI is InChI=1S/C17H14F8O8S/c1-10(18)12(26)33-15(16(21,22)23,13(27)32-11-6-3-2-4-7-11)31-9-5-8-14(19,20)17(24,25)34(28,29)30/h2-4,6-7H,1,5,8-9H2,(H,28,29,30). The SMILES string of the molecule is C=C(F)C(=O)OC(OCCCC(F)(F)C(F)(F)S(=O)(=O)O)(C(=O)Oc1ccccc1)C(F)(F)F. The van der Waals surface area contributed by atoms with Crippen molar-refractivity contribution in [3.8, 4) is 5.75 Å². The molecular weight excluding hydrogens is 516 g/mol. The van der Waals surface area contributed by atoms with Gasteiger partial charge in [-0.1, -0.05) is 24.8 Å². The Kier molecular flexibility index (Phi) is 8.79. The summed E-state index contributed by atoms with van der Waals surface area (Å²) in [6.07, 6.45) is -9.74. The van der Waals surface area contributed by atoms with Gasteiger partial charge in [0.05, 0.1) is 6.61 Å². The summed E-state index contributed by atoms with van der Waals surface area (Å²) in [4.78, 5) is 23.6. The van der Waals surface area contributed by atoms with Crippen LogP contribution in [0.1, 0.15) is 12.8 Å². The van der Waals surface area contributed by atoms with E-state index in [2.05, 4.69) is 20.8 Å². The van der Waals surface area contributed by atoms with E-state index in [0.717, 1.165) is 12.1 Å². The van der Waals surface area contributed by atoms with Crippen molar-refractivity contribution in [1.29, 1.82) is 0 Å². The van der Waals surface area contributed by atoms with Crippen molar-refractivity contribution < 1.29 is 71.9 Å². The number of hydrogen-bond donors (Lipinski definition) is 1. The maximum absolute atomic E-state index is 13.7. The van der Waals surface area contributed by atoms with Gasteiger partial charge in [-0.25, -0.2) is 9.59 Å². The average molecular weight is 530 g/mol. The van der Waals surface area contributed by atoms with E-state index >= 15 is 0 Å².